The van der Waals surface area contributed by atoms with Crippen molar-refractivity contribution in [2.75, 3.05) is 38.1 Å². The van der Waals surface area contributed by atoms with Gasteiger partial charge in [-0.05, 0) is 30.7 Å². The van der Waals surface area contributed by atoms with Crippen LogP contribution in [0.1, 0.15) is 15.9 Å². The Morgan fingerprint density at radius 1 is 1.26 bits per heavy atom. The van der Waals surface area contributed by atoms with Gasteiger partial charge in [-0.2, -0.15) is 0 Å². The summed E-state index contributed by atoms with van der Waals surface area (Å²) in [4.78, 5) is 16.7. The normalized spacial score (nSPS) is 16.7. The number of piperazine rings is 1. The van der Waals surface area contributed by atoms with Gasteiger partial charge >= 0.3 is 0 Å². The number of carbonyl (C=O) groups is 1. The van der Waals surface area contributed by atoms with Crippen LogP contribution in [0.4, 0.5) is 0 Å². The van der Waals surface area contributed by atoms with Crippen LogP contribution in [-0.4, -0.2) is 53.8 Å². The summed E-state index contributed by atoms with van der Waals surface area (Å²) in [6.45, 7) is 6.46. The van der Waals surface area contributed by atoms with Gasteiger partial charge in [0, 0.05) is 48.6 Å². The second-order valence-corrected chi connectivity index (χ2v) is 6.07. The molecule has 1 aliphatic heterocycles. The smallest absolute Gasteiger partial charge is 0.254 e. The number of halogens is 2. The molecule has 0 saturated carbocycles. The Kier molecular flexibility index (Phi) is 5.25. The van der Waals surface area contributed by atoms with Crippen LogP contribution in [0.2, 0.25) is 5.02 Å². The first kappa shape index (κ1) is 14.8. The minimum atomic E-state index is 0.0871. The minimum Gasteiger partial charge on any atom is -0.336 e. The molecule has 1 amide bonds. The quantitative estimate of drug-likeness (QED) is 0.787. The first-order valence-corrected chi connectivity index (χ1v) is 7.95. The highest BCUT2D eigenvalue weighted by molar-refractivity contribution is 9.09. The highest BCUT2D eigenvalue weighted by atomic mass is 79.9. The van der Waals surface area contributed by atoms with E-state index >= 15 is 0 Å². The predicted octanol–water partition coefficient (Wildman–Crippen LogP) is 2.80. The summed E-state index contributed by atoms with van der Waals surface area (Å²) in [5, 5.41) is 1.61. The molecular weight excluding hydrogens is 328 g/mol. The van der Waals surface area contributed by atoms with E-state index in [0.29, 0.717) is 10.6 Å². The molecule has 1 aromatic carbocycles. The highest BCUT2D eigenvalue weighted by Gasteiger charge is 2.21. The van der Waals surface area contributed by atoms with E-state index in [9.17, 15) is 4.79 Å². The maximum atomic E-state index is 12.4. The average molecular weight is 346 g/mol. The minimum absolute atomic E-state index is 0.0871. The van der Waals surface area contributed by atoms with Crippen molar-refractivity contribution in [3.63, 3.8) is 0 Å². The maximum Gasteiger partial charge on any atom is 0.254 e. The Bertz CT molecular complexity index is 439. The first-order valence-electron chi connectivity index (χ1n) is 6.45. The molecule has 2 rings (SSSR count). The van der Waals surface area contributed by atoms with E-state index in [1.165, 1.54) is 0 Å². The Morgan fingerprint density at radius 3 is 2.53 bits per heavy atom. The molecule has 0 bridgehead atoms. The van der Waals surface area contributed by atoms with Crippen LogP contribution in [0.5, 0.6) is 0 Å². The number of carbonyl (C=O) groups excluding carboxylic acids is 1. The summed E-state index contributed by atoms with van der Waals surface area (Å²) in [6.07, 6.45) is 0. The fraction of sp³-hybridized carbons (Fsp3) is 0.500. The van der Waals surface area contributed by atoms with Crippen molar-refractivity contribution in [2.24, 2.45) is 0 Å². The van der Waals surface area contributed by atoms with Gasteiger partial charge in [-0.1, -0.05) is 27.5 Å². The third kappa shape index (κ3) is 3.94. The lowest BCUT2D eigenvalue weighted by Gasteiger charge is -2.34. The molecule has 3 nitrogen and oxygen atoms in total. The zero-order chi connectivity index (χ0) is 13.8. The molecule has 19 heavy (non-hydrogen) atoms. The second kappa shape index (κ2) is 6.73. The standard InChI is InChI=1S/C14H18BrClN2O/c1-11-8-12(10-13(16)9-11)14(19)18-6-4-17(3-2-15)5-7-18/h8-10H,2-7H2,1H3. The lowest BCUT2D eigenvalue weighted by Crippen LogP contribution is -2.49. The molecule has 1 heterocycles. The van der Waals surface area contributed by atoms with Crippen LogP contribution in [0, 0.1) is 6.92 Å². The molecule has 0 atom stereocenters. The van der Waals surface area contributed by atoms with E-state index in [0.717, 1.165) is 43.6 Å². The second-order valence-electron chi connectivity index (χ2n) is 4.84. The van der Waals surface area contributed by atoms with Gasteiger partial charge < -0.3 is 4.90 Å². The molecule has 0 radical (unpaired) electrons. The van der Waals surface area contributed by atoms with Crippen molar-refractivity contribution in [3.8, 4) is 0 Å². The molecular formula is C14H18BrClN2O. The predicted molar refractivity (Wildman–Crippen MR) is 82.3 cm³/mol. The number of amides is 1. The largest absolute Gasteiger partial charge is 0.336 e. The topological polar surface area (TPSA) is 23.6 Å². The molecule has 1 aliphatic rings. The van der Waals surface area contributed by atoms with E-state index in [-0.39, 0.29) is 5.91 Å². The van der Waals surface area contributed by atoms with Crippen LogP contribution in [-0.2, 0) is 0 Å². The van der Waals surface area contributed by atoms with Crippen LogP contribution in [0.3, 0.4) is 0 Å². The maximum absolute atomic E-state index is 12.4. The summed E-state index contributed by atoms with van der Waals surface area (Å²) in [5.41, 5.74) is 1.72. The van der Waals surface area contributed by atoms with Crippen molar-refractivity contribution in [1.29, 1.82) is 0 Å². The Balaban J connectivity index is 2.01. The lowest BCUT2D eigenvalue weighted by molar-refractivity contribution is 0.0645. The number of rotatable bonds is 3. The Morgan fingerprint density at radius 2 is 1.95 bits per heavy atom. The summed E-state index contributed by atoms with van der Waals surface area (Å²) in [7, 11) is 0. The zero-order valence-corrected chi connectivity index (χ0v) is 13.4. The SMILES string of the molecule is Cc1cc(Cl)cc(C(=O)N2CCN(CCBr)CC2)c1. The third-order valence-corrected chi connectivity index (χ3v) is 3.92. The van der Waals surface area contributed by atoms with Gasteiger partial charge in [0.2, 0.25) is 0 Å². The number of nitrogens with zero attached hydrogens (tertiary/aromatic N) is 2. The Labute approximate surface area is 127 Å². The molecule has 104 valence electrons. The molecule has 1 saturated heterocycles. The molecule has 1 fully saturated rings. The summed E-state index contributed by atoms with van der Waals surface area (Å²) >= 11 is 9.46. The molecule has 0 unspecified atom stereocenters. The fourth-order valence-electron chi connectivity index (χ4n) is 2.34. The first-order chi connectivity index (χ1) is 9.10. The number of benzene rings is 1. The number of alkyl halides is 1. The molecule has 0 N–H and O–H groups in total. The van der Waals surface area contributed by atoms with E-state index in [2.05, 4.69) is 20.8 Å². The van der Waals surface area contributed by atoms with Crippen molar-refractivity contribution < 1.29 is 4.79 Å². The van der Waals surface area contributed by atoms with Crippen molar-refractivity contribution in [2.45, 2.75) is 6.92 Å². The number of hydrogen-bond acceptors (Lipinski definition) is 2. The molecule has 5 heteroatoms. The van der Waals surface area contributed by atoms with Gasteiger partial charge in [0.1, 0.15) is 0 Å². The van der Waals surface area contributed by atoms with Crippen LogP contribution in [0.15, 0.2) is 18.2 Å². The van der Waals surface area contributed by atoms with E-state index < -0.39 is 0 Å². The third-order valence-electron chi connectivity index (χ3n) is 3.35. The lowest BCUT2D eigenvalue weighted by atomic mass is 10.1. The summed E-state index contributed by atoms with van der Waals surface area (Å²) < 4.78 is 0. The van der Waals surface area contributed by atoms with Gasteiger partial charge in [-0.3, -0.25) is 9.69 Å². The number of hydrogen-bond donors (Lipinski definition) is 0. The van der Waals surface area contributed by atoms with E-state index in [1.54, 1.807) is 6.07 Å². The summed E-state index contributed by atoms with van der Waals surface area (Å²) in [5.74, 6) is 0.0871. The Hall–Kier alpha value is -0.580. The van der Waals surface area contributed by atoms with Crippen LogP contribution < -0.4 is 0 Å². The summed E-state index contributed by atoms with van der Waals surface area (Å²) in [6, 6.07) is 5.52. The highest BCUT2D eigenvalue weighted by Crippen LogP contribution is 2.17. The van der Waals surface area contributed by atoms with Crippen LogP contribution >= 0.6 is 27.5 Å². The van der Waals surface area contributed by atoms with Gasteiger partial charge in [-0.25, -0.2) is 0 Å². The van der Waals surface area contributed by atoms with Crippen LogP contribution in [0.25, 0.3) is 0 Å². The van der Waals surface area contributed by atoms with Gasteiger partial charge in [0.25, 0.3) is 5.91 Å². The van der Waals surface area contributed by atoms with E-state index in [1.807, 2.05) is 24.0 Å². The van der Waals surface area contributed by atoms with Gasteiger partial charge in [0.15, 0.2) is 0 Å². The molecule has 1 aromatic rings. The van der Waals surface area contributed by atoms with Gasteiger partial charge in [-0.15, -0.1) is 0 Å². The van der Waals surface area contributed by atoms with Gasteiger partial charge in [0.05, 0.1) is 0 Å². The fourth-order valence-corrected chi connectivity index (χ4v) is 3.13. The van der Waals surface area contributed by atoms with Crippen molar-refractivity contribution in [3.05, 3.63) is 34.3 Å². The monoisotopic (exact) mass is 344 g/mol. The van der Waals surface area contributed by atoms with Crippen molar-refractivity contribution >= 4 is 33.4 Å². The molecule has 0 aromatic heterocycles. The van der Waals surface area contributed by atoms with Crippen molar-refractivity contribution in [1.82, 2.24) is 9.80 Å². The average Bonchev–Trinajstić information content (AvgIpc) is 2.38. The molecule has 0 aliphatic carbocycles. The van der Waals surface area contributed by atoms with E-state index in [4.69, 9.17) is 11.6 Å². The molecule has 0 spiro atoms. The zero-order valence-electron chi connectivity index (χ0n) is 11.0. The number of aryl methyl sites for hydroxylation is 1.